The van der Waals surface area contributed by atoms with Gasteiger partial charge in [-0.2, -0.15) is 5.10 Å². The van der Waals surface area contributed by atoms with E-state index in [9.17, 15) is 4.79 Å². The second kappa shape index (κ2) is 8.05. The lowest BCUT2D eigenvalue weighted by molar-refractivity contribution is 0.102. The molecule has 6 N–H and O–H groups in total. The van der Waals surface area contributed by atoms with Gasteiger partial charge < -0.3 is 16.5 Å². The number of nitrogens with two attached hydrogens (primary N) is 2. The van der Waals surface area contributed by atoms with Crippen molar-refractivity contribution in [3.05, 3.63) is 63.2 Å². The highest BCUT2D eigenvalue weighted by atomic mass is 35.5. The van der Waals surface area contributed by atoms with Gasteiger partial charge in [0.05, 0.1) is 33.9 Å². The fourth-order valence-electron chi connectivity index (χ4n) is 2.65. The summed E-state index contributed by atoms with van der Waals surface area (Å²) in [4.78, 5) is 17.0. The Balaban J connectivity index is 1.96. The Kier molecular flexibility index (Phi) is 5.73. The number of carbonyl (C=O) groups excluding carboxylic acids is 1. The molecule has 0 saturated carbocycles. The van der Waals surface area contributed by atoms with Crippen molar-refractivity contribution in [1.82, 2.24) is 20.2 Å². The zero-order chi connectivity index (χ0) is 20.4. The van der Waals surface area contributed by atoms with Gasteiger partial charge >= 0.3 is 0 Å². The van der Waals surface area contributed by atoms with E-state index in [0.717, 1.165) is 0 Å². The van der Waals surface area contributed by atoms with Crippen molar-refractivity contribution in [2.24, 2.45) is 11.6 Å². The van der Waals surface area contributed by atoms with Gasteiger partial charge in [0.25, 0.3) is 5.91 Å². The SMILES string of the molecule is C/C(NN)=C(/N)Cn1nc(C)c2c(Cl)c(C(=O)Nc3ccc(Cl)cc3)cnc21. The lowest BCUT2D eigenvalue weighted by Gasteiger charge is -2.09. The summed E-state index contributed by atoms with van der Waals surface area (Å²) in [6.45, 7) is 3.83. The number of anilines is 1. The van der Waals surface area contributed by atoms with E-state index in [4.69, 9.17) is 34.8 Å². The molecule has 8 nitrogen and oxygen atoms in total. The summed E-state index contributed by atoms with van der Waals surface area (Å²) in [5.41, 5.74) is 11.7. The lowest BCUT2D eigenvalue weighted by Crippen LogP contribution is -2.25. The number of halogens is 2. The molecule has 3 aromatic rings. The number of pyridine rings is 1. The van der Waals surface area contributed by atoms with Crippen molar-refractivity contribution in [1.29, 1.82) is 0 Å². The maximum atomic E-state index is 12.6. The zero-order valence-corrected chi connectivity index (χ0v) is 16.8. The molecule has 1 aromatic carbocycles. The molecule has 0 saturated heterocycles. The van der Waals surface area contributed by atoms with Gasteiger partial charge in [0.2, 0.25) is 0 Å². The minimum Gasteiger partial charge on any atom is -0.399 e. The molecular weight excluding hydrogens is 401 g/mol. The highest BCUT2D eigenvalue weighted by Gasteiger charge is 2.20. The van der Waals surface area contributed by atoms with Gasteiger partial charge in [-0.25, -0.2) is 9.67 Å². The highest BCUT2D eigenvalue weighted by molar-refractivity contribution is 6.39. The van der Waals surface area contributed by atoms with Crippen LogP contribution in [0.15, 0.2) is 41.9 Å². The number of aromatic nitrogens is 3. The molecular formula is C18H19Cl2N7O. The molecule has 0 fully saturated rings. The third kappa shape index (κ3) is 3.89. The molecule has 1 amide bonds. The maximum absolute atomic E-state index is 12.6. The van der Waals surface area contributed by atoms with Gasteiger partial charge in [0.15, 0.2) is 5.65 Å². The van der Waals surface area contributed by atoms with Gasteiger partial charge in [-0.05, 0) is 38.1 Å². The Morgan fingerprint density at radius 2 is 1.93 bits per heavy atom. The summed E-state index contributed by atoms with van der Waals surface area (Å²) in [7, 11) is 0. The normalized spacial score (nSPS) is 12.0. The number of hydrogen-bond acceptors (Lipinski definition) is 6. The van der Waals surface area contributed by atoms with E-state index in [-0.39, 0.29) is 23.0 Å². The number of hydrogen-bond donors (Lipinski definition) is 4. The van der Waals surface area contributed by atoms with Crippen LogP contribution in [0, 0.1) is 6.92 Å². The van der Waals surface area contributed by atoms with Crippen LogP contribution in [0.2, 0.25) is 10.0 Å². The van der Waals surface area contributed by atoms with Crippen LogP contribution in [-0.2, 0) is 6.54 Å². The van der Waals surface area contributed by atoms with Crippen LogP contribution in [0.1, 0.15) is 23.0 Å². The third-order valence-corrected chi connectivity index (χ3v) is 4.88. The molecule has 28 heavy (non-hydrogen) atoms. The van der Waals surface area contributed by atoms with Gasteiger partial charge in [0, 0.05) is 22.6 Å². The molecule has 3 rings (SSSR count). The molecule has 0 aliphatic heterocycles. The first-order chi connectivity index (χ1) is 13.3. The van der Waals surface area contributed by atoms with Crippen molar-refractivity contribution >= 4 is 45.8 Å². The van der Waals surface area contributed by atoms with E-state index in [2.05, 4.69) is 20.8 Å². The molecule has 0 bridgehead atoms. The van der Waals surface area contributed by atoms with Crippen LogP contribution in [-0.4, -0.2) is 20.7 Å². The fraction of sp³-hybridized carbons (Fsp3) is 0.167. The average molecular weight is 420 g/mol. The first-order valence-corrected chi connectivity index (χ1v) is 9.07. The topological polar surface area (TPSA) is 124 Å². The number of allylic oxidation sites excluding steroid dienone is 2. The molecule has 2 aromatic heterocycles. The Morgan fingerprint density at radius 3 is 2.57 bits per heavy atom. The summed E-state index contributed by atoms with van der Waals surface area (Å²) in [5, 5.41) is 8.66. The molecule has 146 valence electrons. The second-order valence-electron chi connectivity index (χ2n) is 6.18. The Hall–Kier alpha value is -2.81. The Labute approximate surface area is 171 Å². The standard InChI is InChI=1S/C18H19Cl2N7O/c1-9(25-22)14(21)8-27-17-15(10(2)26-27)16(20)13(7-23-17)18(28)24-12-5-3-11(19)4-6-12/h3-7,25H,8,21-22H2,1-2H3,(H,24,28)/b14-9-. The van der Waals surface area contributed by atoms with Crippen molar-refractivity contribution in [3.63, 3.8) is 0 Å². The number of aryl methyl sites for hydroxylation is 1. The number of carbonyl (C=O) groups is 1. The number of nitrogens with one attached hydrogen (secondary N) is 2. The number of hydrazine groups is 1. The van der Waals surface area contributed by atoms with E-state index in [1.807, 2.05) is 0 Å². The Bertz CT molecular complexity index is 1070. The minimum atomic E-state index is -0.378. The second-order valence-corrected chi connectivity index (χ2v) is 7.00. The predicted molar refractivity (Wildman–Crippen MR) is 111 cm³/mol. The van der Waals surface area contributed by atoms with Gasteiger partial charge in [-0.15, -0.1) is 0 Å². The van der Waals surface area contributed by atoms with E-state index in [1.165, 1.54) is 6.20 Å². The monoisotopic (exact) mass is 419 g/mol. The lowest BCUT2D eigenvalue weighted by atomic mass is 10.2. The smallest absolute Gasteiger partial charge is 0.258 e. The number of fused-ring (bicyclic) bond motifs is 1. The number of nitrogens with zero attached hydrogens (tertiary/aromatic N) is 3. The van der Waals surface area contributed by atoms with E-state index in [1.54, 1.807) is 42.8 Å². The van der Waals surface area contributed by atoms with Crippen LogP contribution in [0.5, 0.6) is 0 Å². The molecule has 10 heteroatoms. The Morgan fingerprint density at radius 1 is 1.25 bits per heavy atom. The maximum Gasteiger partial charge on any atom is 0.258 e. The number of amides is 1. The van der Waals surface area contributed by atoms with E-state index >= 15 is 0 Å². The zero-order valence-electron chi connectivity index (χ0n) is 15.3. The summed E-state index contributed by atoms with van der Waals surface area (Å²) in [6.07, 6.45) is 1.42. The molecule has 0 spiro atoms. The van der Waals surface area contributed by atoms with Crippen molar-refractivity contribution < 1.29 is 4.79 Å². The van der Waals surface area contributed by atoms with Crippen LogP contribution in [0.4, 0.5) is 5.69 Å². The van der Waals surface area contributed by atoms with Crippen LogP contribution in [0.25, 0.3) is 11.0 Å². The molecule has 0 radical (unpaired) electrons. The first kappa shape index (κ1) is 19.9. The summed E-state index contributed by atoms with van der Waals surface area (Å²) in [6, 6.07) is 6.77. The van der Waals surface area contributed by atoms with Crippen LogP contribution < -0.4 is 22.3 Å². The quantitative estimate of drug-likeness (QED) is 0.372. The highest BCUT2D eigenvalue weighted by Crippen LogP contribution is 2.29. The van der Waals surface area contributed by atoms with Gasteiger partial charge in [0.1, 0.15) is 0 Å². The van der Waals surface area contributed by atoms with Crippen molar-refractivity contribution in [2.45, 2.75) is 20.4 Å². The largest absolute Gasteiger partial charge is 0.399 e. The molecule has 0 aliphatic carbocycles. The number of rotatable bonds is 5. The molecule has 0 aliphatic rings. The van der Waals surface area contributed by atoms with Crippen molar-refractivity contribution in [2.75, 3.05) is 5.32 Å². The number of benzene rings is 1. The van der Waals surface area contributed by atoms with Gasteiger partial charge in [-0.1, -0.05) is 23.2 Å². The van der Waals surface area contributed by atoms with E-state index < -0.39 is 0 Å². The van der Waals surface area contributed by atoms with Crippen LogP contribution in [0.3, 0.4) is 0 Å². The summed E-state index contributed by atoms with van der Waals surface area (Å²) in [5.74, 6) is 5.01. The minimum absolute atomic E-state index is 0.245. The predicted octanol–water partition coefficient (Wildman–Crippen LogP) is 2.95. The molecule has 0 atom stereocenters. The average Bonchev–Trinajstić information content (AvgIpc) is 2.99. The first-order valence-electron chi connectivity index (χ1n) is 8.32. The van der Waals surface area contributed by atoms with Crippen molar-refractivity contribution in [3.8, 4) is 0 Å². The van der Waals surface area contributed by atoms with Crippen LogP contribution >= 0.6 is 23.2 Å². The fourth-order valence-corrected chi connectivity index (χ4v) is 3.13. The summed E-state index contributed by atoms with van der Waals surface area (Å²) >= 11 is 12.4. The molecule has 0 unspecified atom stereocenters. The molecule has 2 heterocycles. The van der Waals surface area contributed by atoms with Gasteiger partial charge in [-0.3, -0.25) is 10.6 Å². The van der Waals surface area contributed by atoms with E-state index in [0.29, 0.717) is 38.8 Å². The summed E-state index contributed by atoms with van der Waals surface area (Å²) < 4.78 is 1.62. The third-order valence-electron chi connectivity index (χ3n) is 4.24.